The van der Waals surface area contributed by atoms with Gasteiger partial charge in [-0.25, -0.2) is 4.79 Å². The van der Waals surface area contributed by atoms with Gasteiger partial charge < -0.3 is 0 Å². The minimum Gasteiger partial charge on any atom is -0.264 e. The molecule has 0 N–H and O–H groups in total. The van der Waals surface area contributed by atoms with E-state index in [0.29, 0.717) is 11.4 Å². The van der Waals surface area contributed by atoms with Gasteiger partial charge in [-0.3, -0.25) is 9.97 Å². The highest BCUT2D eigenvalue weighted by atomic mass is 16.2. The third-order valence-corrected chi connectivity index (χ3v) is 3.48. The van der Waals surface area contributed by atoms with Gasteiger partial charge >= 0.3 is 6.03 Å². The predicted molar refractivity (Wildman–Crippen MR) is 87.1 cm³/mol. The fraction of sp³-hybridized carbons (Fsp3) is 0. The molecule has 0 amide bonds. The Morgan fingerprint density at radius 3 is 1.67 bits per heavy atom. The van der Waals surface area contributed by atoms with Gasteiger partial charge in [0.15, 0.2) is 0 Å². The van der Waals surface area contributed by atoms with Crippen LogP contribution in [0.3, 0.4) is 0 Å². The lowest BCUT2D eigenvalue weighted by Gasteiger charge is -2.00. The van der Waals surface area contributed by atoms with Crippen molar-refractivity contribution in [1.82, 2.24) is 29.5 Å². The van der Waals surface area contributed by atoms with Crippen LogP contribution in [0.4, 0.5) is 4.79 Å². The molecule has 0 aliphatic carbocycles. The second-order valence-electron chi connectivity index (χ2n) is 5.06. The molecule has 116 valence electrons. The number of carbonyl (C=O) groups is 1. The maximum absolute atomic E-state index is 12.5. The first-order chi connectivity index (χ1) is 11.8. The molecule has 4 heterocycles. The summed E-state index contributed by atoms with van der Waals surface area (Å²) >= 11 is 0. The van der Waals surface area contributed by atoms with Crippen LogP contribution in [0.5, 0.6) is 0 Å². The van der Waals surface area contributed by atoms with E-state index >= 15 is 0 Å². The van der Waals surface area contributed by atoms with Gasteiger partial charge in [0.05, 0.1) is 11.4 Å². The van der Waals surface area contributed by atoms with Gasteiger partial charge in [-0.05, 0) is 36.4 Å². The largest absolute Gasteiger partial charge is 0.369 e. The summed E-state index contributed by atoms with van der Waals surface area (Å²) in [5.74, 6) is 0. The number of aromatic nitrogens is 6. The number of carbonyl (C=O) groups excluding carboxylic acids is 1. The second-order valence-corrected chi connectivity index (χ2v) is 5.06. The first-order valence-corrected chi connectivity index (χ1v) is 7.28. The number of pyridine rings is 2. The minimum absolute atomic E-state index is 0.361. The van der Waals surface area contributed by atoms with E-state index in [-0.39, 0.29) is 6.03 Å². The molecule has 7 heteroatoms. The first-order valence-electron chi connectivity index (χ1n) is 7.28. The summed E-state index contributed by atoms with van der Waals surface area (Å²) in [5.41, 5.74) is 3.05. The van der Waals surface area contributed by atoms with Gasteiger partial charge in [0.1, 0.15) is 0 Å². The molecule has 0 fully saturated rings. The van der Waals surface area contributed by atoms with Gasteiger partial charge in [-0.1, -0.05) is 0 Å². The summed E-state index contributed by atoms with van der Waals surface area (Å²) in [6.45, 7) is 0. The second kappa shape index (κ2) is 5.88. The van der Waals surface area contributed by atoms with Gasteiger partial charge in [-0.2, -0.15) is 19.6 Å². The Morgan fingerprint density at radius 1 is 0.750 bits per heavy atom. The zero-order chi connectivity index (χ0) is 16.4. The molecule has 0 spiro atoms. The molecule has 4 aromatic rings. The van der Waals surface area contributed by atoms with Crippen molar-refractivity contribution in [2.24, 2.45) is 0 Å². The lowest BCUT2D eigenvalue weighted by molar-refractivity contribution is 0.238. The Labute approximate surface area is 137 Å². The van der Waals surface area contributed by atoms with Crippen LogP contribution in [0.2, 0.25) is 0 Å². The molecular formula is C17H12N6O. The molecule has 0 saturated carbocycles. The van der Waals surface area contributed by atoms with Crippen LogP contribution in [0.15, 0.2) is 73.6 Å². The number of hydrogen-bond donors (Lipinski definition) is 0. The highest BCUT2D eigenvalue weighted by Gasteiger charge is 2.13. The summed E-state index contributed by atoms with van der Waals surface area (Å²) in [5, 5.41) is 8.59. The fourth-order valence-electron chi connectivity index (χ4n) is 2.30. The van der Waals surface area contributed by atoms with E-state index in [0.717, 1.165) is 11.1 Å². The van der Waals surface area contributed by atoms with E-state index in [1.54, 1.807) is 49.3 Å². The van der Waals surface area contributed by atoms with Gasteiger partial charge in [0, 0.05) is 48.3 Å². The van der Waals surface area contributed by atoms with Crippen LogP contribution in [0, 0.1) is 0 Å². The molecule has 0 atom stereocenters. The predicted octanol–water partition coefficient (Wildman–Crippen LogP) is 2.72. The molecule has 0 aliphatic rings. The lowest BCUT2D eigenvalue weighted by Crippen LogP contribution is -2.20. The van der Waals surface area contributed by atoms with Crippen molar-refractivity contribution >= 4 is 6.03 Å². The van der Waals surface area contributed by atoms with Crippen molar-refractivity contribution in [3.63, 3.8) is 0 Å². The first kappa shape index (κ1) is 14.0. The van der Waals surface area contributed by atoms with Gasteiger partial charge in [-0.15, -0.1) is 0 Å². The highest BCUT2D eigenvalue weighted by Crippen LogP contribution is 2.16. The van der Waals surface area contributed by atoms with Crippen molar-refractivity contribution < 1.29 is 4.79 Å². The Kier molecular flexibility index (Phi) is 3.43. The van der Waals surface area contributed by atoms with Crippen molar-refractivity contribution in [2.45, 2.75) is 0 Å². The van der Waals surface area contributed by atoms with E-state index in [2.05, 4.69) is 20.2 Å². The standard InChI is InChI=1S/C17H12N6O/c24-17(22-9-5-15(20-22)13-3-1-7-18-11-13)23-10-6-16(21-23)14-4-2-8-19-12-14/h1-12H. The van der Waals surface area contributed by atoms with E-state index in [9.17, 15) is 4.79 Å². The summed E-state index contributed by atoms with van der Waals surface area (Å²) in [4.78, 5) is 20.6. The Balaban J connectivity index is 1.61. The maximum atomic E-state index is 12.5. The third kappa shape index (κ3) is 2.58. The Hall–Kier alpha value is -3.61. The van der Waals surface area contributed by atoms with Crippen molar-refractivity contribution in [3.05, 3.63) is 73.6 Å². The normalized spacial score (nSPS) is 10.7. The molecule has 0 unspecified atom stereocenters. The van der Waals surface area contributed by atoms with Gasteiger partial charge in [0.2, 0.25) is 0 Å². The highest BCUT2D eigenvalue weighted by molar-refractivity contribution is 5.79. The molecule has 4 rings (SSSR count). The lowest BCUT2D eigenvalue weighted by atomic mass is 10.2. The average molecular weight is 316 g/mol. The zero-order valence-electron chi connectivity index (χ0n) is 12.5. The van der Waals surface area contributed by atoms with Crippen LogP contribution < -0.4 is 0 Å². The molecule has 7 nitrogen and oxygen atoms in total. The monoisotopic (exact) mass is 316 g/mol. The summed E-state index contributed by atoms with van der Waals surface area (Å²) in [7, 11) is 0. The SMILES string of the molecule is O=C(n1ccc(-c2cccnc2)n1)n1ccc(-c2cccnc2)n1. The van der Waals surface area contributed by atoms with E-state index in [1.807, 2.05) is 24.3 Å². The van der Waals surface area contributed by atoms with Crippen LogP contribution in [0.1, 0.15) is 0 Å². The average Bonchev–Trinajstić information content (AvgIpc) is 3.33. The van der Waals surface area contributed by atoms with Crippen molar-refractivity contribution in [2.75, 3.05) is 0 Å². The summed E-state index contributed by atoms with van der Waals surface area (Å²) < 4.78 is 2.50. The Bertz CT molecular complexity index is 895. The molecule has 0 bridgehead atoms. The molecule has 24 heavy (non-hydrogen) atoms. The van der Waals surface area contributed by atoms with Crippen LogP contribution in [-0.4, -0.2) is 35.6 Å². The number of rotatable bonds is 2. The quantitative estimate of drug-likeness (QED) is 0.568. The number of hydrogen-bond acceptors (Lipinski definition) is 5. The summed E-state index contributed by atoms with van der Waals surface area (Å²) in [6.07, 6.45) is 9.99. The fourth-order valence-corrected chi connectivity index (χ4v) is 2.30. The molecule has 0 aliphatic heterocycles. The third-order valence-electron chi connectivity index (χ3n) is 3.48. The molecule has 0 radical (unpaired) electrons. The van der Waals surface area contributed by atoms with Crippen molar-refractivity contribution in [1.29, 1.82) is 0 Å². The summed E-state index contributed by atoms with van der Waals surface area (Å²) in [6, 6.07) is 10.6. The maximum Gasteiger partial charge on any atom is 0.369 e. The van der Waals surface area contributed by atoms with Crippen LogP contribution in [-0.2, 0) is 0 Å². The molecule has 4 aromatic heterocycles. The zero-order valence-corrected chi connectivity index (χ0v) is 12.5. The van der Waals surface area contributed by atoms with Crippen molar-refractivity contribution in [3.8, 4) is 22.5 Å². The molecular weight excluding hydrogens is 304 g/mol. The van der Waals surface area contributed by atoms with E-state index in [4.69, 9.17) is 0 Å². The van der Waals surface area contributed by atoms with Crippen LogP contribution in [0.25, 0.3) is 22.5 Å². The van der Waals surface area contributed by atoms with E-state index < -0.39 is 0 Å². The molecule has 0 saturated heterocycles. The smallest absolute Gasteiger partial charge is 0.264 e. The van der Waals surface area contributed by atoms with Crippen LogP contribution >= 0.6 is 0 Å². The van der Waals surface area contributed by atoms with E-state index in [1.165, 1.54) is 9.36 Å². The minimum atomic E-state index is -0.361. The number of nitrogens with zero attached hydrogens (tertiary/aromatic N) is 6. The van der Waals surface area contributed by atoms with Gasteiger partial charge in [0.25, 0.3) is 0 Å². The Morgan fingerprint density at radius 2 is 1.25 bits per heavy atom. The molecule has 0 aromatic carbocycles. The topological polar surface area (TPSA) is 78.5 Å².